The van der Waals surface area contributed by atoms with Crippen molar-refractivity contribution in [1.29, 1.82) is 0 Å². The number of rotatable bonds is 3. The Morgan fingerprint density at radius 1 is 1.42 bits per heavy atom. The number of piperidine rings is 2. The number of likely N-dealkylation sites (tertiary alicyclic amines) is 2. The Kier molecular flexibility index (Phi) is 3.71. The number of aromatic amines is 1. The van der Waals surface area contributed by atoms with Gasteiger partial charge in [-0.1, -0.05) is 0 Å². The summed E-state index contributed by atoms with van der Waals surface area (Å²) in [5.41, 5.74) is 0.739. The van der Waals surface area contributed by atoms with Crippen LogP contribution in [0.2, 0.25) is 0 Å². The normalized spacial score (nSPS) is 29.1. The number of aromatic nitrogens is 1. The minimum Gasteiger partial charge on any atom is -0.359 e. The summed E-state index contributed by atoms with van der Waals surface area (Å²) in [6, 6.07) is 4.49. The van der Waals surface area contributed by atoms with Gasteiger partial charge in [0.2, 0.25) is 0 Å². The fourth-order valence-electron chi connectivity index (χ4n) is 3.66. The molecule has 0 aromatic carbocycles. The summed E-state index contributed by atoms with van der Waals surface area (Å²) < 4.78 is 0. The van der Waals surface area contributed by atoms with E-state index < -0.39 is 0 Å². The van der Waals surface area contributed by atoms with Crippen molar-refractivity contribution in [3.63, 3.8) is 0 Å². The van der Waals surface area contributed by atoms with Gasteiger partial charge in [-0.2, -0.15) is 0 Å². The first-order chi connectivity index (χ1) is 9.24. The summed E-state index contributed by atoms with van der Waals surface area (Å²) in [4.78, 5) is 20.0. The van der Waals surface area contributed by atoms with Crippen molar-refractivity contribution in [2.75, 3.05) is 33.2 Å². The van der Waals surface area contributed by atoms with Gasteiger partial charge in [0.25, 0.3) is 0 Å². The largest absolute Gasteiger partial charge is 0.359 e. The summed E-state index contributed by atoms with van der Waals surface area (Å²) in [5.74, 6) is 0.969. The van der Waals surface area contributed by atoms with Gasteiger partial charge in [0, 0.05) is 25.3 Å². The Morgan fingerprint density at radius 2 is 2.32 bits per heavy atom. The SMILES string of the molecule is CN1CCCC2CN(CC(=O)c3ccc[nH]3)CCC21. The van der Waals surface area contributed by atoms with Gasteiger partial charge in [-0.15, -0.1) is 0 Å². The number of carbonyl (C=O) groups excluding carboxylic acids is 1. The topological polar surface area (TPSA) is 39.3 Å². The second-order valence-corrected chi connectivity index (χ2v) is 5.98. The highest BCUT2D eigenvalue weighted by Crippen LogP contribution is 2.29. The Hall–Kier alpha value is -1.13. The fourth-order valence-corrected chi connectivity index (χ4v) is 3.66. The van der Waals surface area contributed by atoms with Gasteiger partial charge in [0.1, 0.15) is 0 Å². The van der Waals surface area contributed by atoms with Crippen LogP contribution >= 0.6 is 0 Å². The molecule has 0 spiro atoms. The maximum Gasteiger partial charge on any atom is 0.192 e. The van der Waals surface area contributed by atoms with Crippen molar-refractivity contribution < 1.29 is 4.79 Å². The number of hydrogen-bond acceptors (Lipinski definition) is 3. The second-order valence-electron chi connectivity index (χ2n) is 5.98. The Morgan fingerprint density at radius 3 is 3.11 bits per heavy atom. The average molecular weight is 261 g/mol. The molecule has 3 rings (SSSR count). The van der Waals surface area contributed by atoms with Gasteiger partial charge < -0.3 is 9.88 Å². The summed E-state index contributed by atoms with van der Waals surface area (Å²) >= 11 is 0. The molecule has 104 valence electrons. The smallest absolute Gasteiger partial charge is 0.192 e. The van der Waals surface area contributed by atoms with E-state index in [1.54, 1.807) is 0 Å². The predicted molar refractivity (Wildman–Crippen MR) is 75.3 cm³/mol. The highest BCUT2D eigenvalue weighted by atomic mass is 16.1. The lowest BCUT2D eigenvalue weighted by Crippen LogP contribution is -2.53. The van der Waals surface area contributed by atoms with Crippen LogP contribution in [0.15, 0.2) is 18.3 Å². The van der Waals surface area contributed by atoms with Gasteiger partial charge in [-0.3, -0.25) is 9.69 Å². The van der Waals surface area contributed by atoms with E-state index in [1.807, 2.05) is 18.3 Å². The quantitative estimate of drug-likeness (QED) is 0.840. The first-order valence-electron chi connectivity index (χ1n) is 7.33. The molecule has 2 fully saturated rings. The van der Waals surface area contributed by atoms with E-state index in [2.05, 4.69) is 21.8 Å². The molecule has 0 radical (unpaired) electrons. The molecule has 3 heterocycles. The molecular weight excluding hydrogens is 238 g/mol. The lowest BCUT2D eigenvalue weighted by Gasteiger charge is -2.45. The second kappa shape index (κ2) is 5.47. The van der Waals surface area contributed by atoms with Crippen molar-refractivity contribution in [2.45, 2.75) is 25.3 Å². The van der Waals surface area contributed by atoms with Gasteiger partial charge in [0.05, 0.1) is 12.2 Å². The first-order valence-corrected chi connectivity index (χ1v) is 7.33. The summed E-state index contributed by atoms with van der Waals surface area (Å²) in [6.07, 6.45) is 5.65. The third-order valence-electron chi connectivity index (χ3n) is 4.70. The van der Waals surface area contributed by atoms with E-state index in [9.17, 15) is 4.79 Å². The molecule has 4 heteroatoms. The van der Waals surface area contributed by atoms with Gasteiger partial charge in [0.15, 0.2) is 5.78 Å². The number of Topliss-reactive ketones (excluding diaryl/α,β-unsaturated/α-hetero) is 1. The van der Waals surface area contributed by atoms with Crippen LogP contribution in [0.25, 0.3) is 0 Å². The Labute approximate surface area is 114 Å². The van der Waals surface area contributed by atoms with Gasteiger partial charge >= 0.3 is 0 Å². The number of hydrogen-bond donors (Lipinski definition) is 1. The zero-order valence-corrected chi connectivity index (χ0v) is 11.6. The molecule has 0 aliphatic carbocycles. The van der Waals surface area contributed by atoms with Crippen LogP contribution in [0.4, 0.5) is 0 Å². The molecule has 2 aliphatic heterocycles. The number of fused-ring (bicyclic) bond motifs is 1. The van der Waals surface area contributed by atoms with Crippen LogP contribution in [-0.4, -0.2) is 59.8 Å². The minimum atomic E-state index is 0.215. The number of nitrogens with zero attached hydrogens (tertiary/aromatic N) is 2. The molecule has 1 aromatic rings. The van der Waals surface area contributed by atoms with Crippen molar-refractivity contribution >= 4 is 5.78 Å². The average Bonchev–Trinajstić information content (AvgIpc) is 2.93. The third-order valence-corrected chi connectivity index (χ3v) is 4.70. The molecule has 2 atom stereocenters. The fraction of sp³-hybridized carbons (Fsp3) is 0.667. The highest BCUT2D eigenvalue weighted by molar-refractivity contribution is 5.95. The molecule has 0 saturated carbocycles. The maximum atomic E-state index is 12.1. The Bertz CT molecular complexity index is 429. The van der Waals surface area contributed by atoms with E-state index >= 15 is 0 Å². The monoisotopic (exact) mass is 261 g/mol. The van der Waals surface area contributed by atoms with E-state index in [1.165, 1.54) is 25.8 Å². The number of H-pyrrole nitrogens is 1. The number of ketones is 1. The summed E-state index contributed by atoms with van der Waals surface area (Å²) in [7, 11) is 2.25. The zero-order valence-electron chi connectivity index (χ0n) is 11.6. The lowest BCUT2D eigenvalue weighted by molar-refractivity contribution is 0.0377. The van der Waals surface area contributed by atoms with Crippen molar-refractivity contribution in [2.24, 2.45) is 5.92 Å². The molecule has 1 aromatic heterocycles. The van der Waals surface area contributed by atoms with Crippen LogP contribution in [-0.2, 0) is 0 Å². The number of nitrogens with one attached hydrogen (secondary N) is 1. The van der Waals surface area contributed by atoms with Gasteiger partial charge in [-0.25, -0.2) is 0 Å². The van der Waals surface area contributed by atoms with Crippen molar-refractivity contribution in [3.8, 4) is 0 Å². The van der Waals surface area contributed by atoms with Crippen LogP contribution in [0.5, 0.6) is 0 Å². The van der Waals surface area contributed by atoms with Crippen LogP contribution in [0.1, 0.15) is 29.8 Å². The molecule has 2 unspecified atom stereocenters. The molecule has 1 N–H and O–H groups in total. The first kappa shape index (κ1) is 12.9. The molecular formula is C15H23N3O. The van der Waals surface area contributed by atoms with E-state index in [4.69, 9.17) is 0 Å². The molecule has 19 heavy (non-hydrogen) atoms. The minimum absolute atomic E-state index is 0.215. The Balaban J connectivity index is 1.58. The molecule has 2 aliphatic rings. The zero-order chi connectivity index (χ0) is 13.2. The van der Waals surface area contributed by atoms with E-state index in [0.717, 1.165) is 30.7 Å². The summed E-state index contributed by atoms with van der Waals surface area (Å²) in [6.45, 7) is 3.94. The van der Waals surface area contributed by atoms with Crippen molar-refractivity contribution in [1.82, 2.24) is 14.8 Å². The van der Waals surface area contributed by atoms with Gasteiger partial charge in [-0.05, 0) is 50.9 Å². The maximum absolute atomic E-state index is 12.1. The van der Waals surface area contributed by atoms with Crippen LogP contribution < -0.4 is 0 Å². The van der Waals surface area contributed by atoms with Crippen LogP contribution in [0.3, 0.4) is 0 Å². The molecule has 2 saturated heterocycles. The molecule has 0 amide bonds. The third kappa shape index (κ3) is 2.74. The van der Waals surface area contributed by atoms with Crippen LogP contribution in [0, 0.1) is 5.92 Å². The van der Waals surface area contributed by atoms with Crippen molar-refractivity contribution in [3.05, 3.63) is 24.0 Å². The number of carbonyl (C=O) groups is 1. The lowest BCUT2D eigenvalue weighted by atomic mass is 9.84. The van der Waals surface area contributed by atoms with E-state index in [0.29, 0.717) is 6.54 Å². The standard InChI is InChI=1S/C15H23N3O/c1-17-8-3-4-12-10-18(9-6-14(12)17)11-15(19)13-5-2-7-16-13/h2,5,7,12,14,16H,3-4,6,8-11H2,1H3. The molecule has 0 bridgehead atoms. The summed E-state index contributed by atoms with van der Waals surface area (Å²) in [5, 5.41) is 0. The molecule has 4 nitrogen and oxygen atoms in total. The predicted octanol–water partition coefficient (Wildman–Crippen LogP) is 1.61. The highest BCUT2D eigenvalue weighted by Gasteiger charge is 2.34. The van der Waals surface area contributed by atoms with E-state index in [-0.39, 0.29) is 5.78 Å².